The summed E-state index contributed by atoms with van der Waals surface area (Å²) in [5.74, 6) is 0. The van der Waals surface area contributed by atoms with Gasteiger partial charge in [-0.25, -0.2) is 5.14 Å². The van der Waals surface area contributed by atoms with Crippen molar-refractivity contribution < 1.29 is 33.4 Å². The molecular formula is H3NO3PdS. The van der Waals surface area contributed by atoms with E-state index in [2.05, 4.69) is 5.14 Å². The summed E-state index contributed by atoms with van der Waals surface area (Å²) < 4.78 is 25.2. The molecule has 0 saturated carbocycles. The van der Waals surface area contributed by atoms with Crippen LogP contribution in [0.1, 0.15) is 0 Å². The van der Waals surface area contributed by atoms with Gasteiger partial charge >= 0.3 is 10.3 Å². The molecule has 3 N–H and O–H groups in total. The van der Waals surface area contributed by atoms with Gasteiger partial charge in [0.05, 0.1) is 0 Å². The largest absolute Gasteiger partial charge is 0.330 e. The topological polar surface area (TPSA) is 80.4 Å². The summed E-state index contributed by atoms with van der Waals surface area (Å²) in [5.41, 5.74) is 0. The molecule has 0 aliphatic carbocycles. The molecule has 0 heterocycles. The molecule has 0 amide bonds. The molecule has 0 aliphatic heterocycles. The minimum absolute atomic E-state index is 0. The van der Waals surface area contributed by atoms with Gasteiger partial charge in [0, 0.05) is 20.4 Å². The van der Waals surface area contributed by atoms with E-state index >= 15 is 0 Å². The molecule has 0 unspecified atom stereocenters. The fraction of sp³-hybridized carbons (Fsp3) is 0. The first kappa shape index (κ1) is 9.73. The zero-order valence-electron chi connectivity index (χ0n) is 2.57. The molecular weight excluding hydrogens is 200 g/mol. The van der Waals surface area contributed by atoms with Gasteiger partial charge in [-0.3, -0.25) is 4.55 Å². The molecule has 6 heteroatoms. The summed E-state index contributed by atoms with van der Waals surface area (Å²) in [6.45, 7) is 0. The van der Waals surface area contributed by atoms with Gasteiger partial charge in [-0.15, -0.1) is 0 Å². The maximum atomic E-state index is 8.97. The van der Waals surface area contributed by atoms with Crippen LogP contribution in [-0.2, 0) is 30.7 Å². The van der Waals surface area contributed by atoms with E-state index in [0.29, 0.717) is 0 Å². The van der Waals surface area contributed by atoms with Gasteiger partial charge in [0.25, 0.3) is 0 Å². The van der Waals surface area contributed by atoms with Gasteiger partial charge in [-0.2, -0.15) is 8.42 Å². The van der Waals surface area contributed by atoms with Gasteiger partial charge in [0.2, 0.25) is 0 Å². The average molecular weight is 204 g/mol. The summed E-state index contributed by atoms with van der Waals surface area (Å²) in [6.07, 6.45) is 0. The fourth-order valence-corrected chi connectivity index (χ4v) is 0. The number of hydrogen-bond donors (Lipinski definition) is 2. The molecule has 0 atom stereocenters. The van der Waals surface area contributed by atoms with Crippen LogP contribution in [0, 0.1) is 0 Å². The van der Waals surface area contributed by atoms with E-state index in [1.54, 1.807) is 0 Å². The van der Waals surface area contributed by atoms with Gasteiger partial charge in [0.1, 0.15) is 0 Å². The standard InChI is InChI=1S/H3NO3S.Pd/c1-5(2,3)4;/h(H3,1,2,3,4);. The maximum Gasteiger partial charge on any atom is 0.330 e. The Morgan fingerprint density at radius 3 is 1.50 bits per heavy atom. The molecule has 0 aromatic carbocycles. The van der Waals surface area contributed by atoms with Gasteiger partial charge < -0.3 is 0 Å². The van der Waals surface area contributed by atoms with Crippen LogP contribution in [0.5, 0.6) is 0 Å². The van der Waals surface area contributed by atoms with Crippen LogP contribution in [0.15, 0.2) is 0 Å². The van der Waals surface area contributed by atoms with Crippen molar-refractivity contribution in [2.45, 2.75) is 0 Å². The van der Waals surface area contributed by atoms with Crippen LogP contribution >= 0.6 is 0 Å². The van der Waals surface area contributed by atoms with Crippen molar-refractivity contribution in [3.05, 3.63) is 0 Å². The molecule has 0 fully saturated rings. The molecule has 0 aliphatic rings. The van der Waals surface area contributed by atoms with Crippen LogP contribution in [0.2, 0.25) is 0 Å². The Morgan fingerprint density at radius 1 is 1.50 bits per heavy atom. The minimum atomic E-state index is -4.17. The Hall–Kier alpha value is 0.532. The molecule has 42 valence electrons. The third-order valence-corrected chi connectivity index (χ3v) is 0. The van der Waals surface area contributed by atoms with Crippen LogP contribution in [-0.4, -0.2) is 13.0 Å². The first-order valence-corrected chi connectivity index (χ1v) is 2.25. The van der Waals surface area contributed by atoms with Gasteiger partial charge in [0.15, 0.2) is 0 Å². The van der Waals surface area contributed by atoms with Crippen molar-refractivity contribution in [2.75, 3.05) is 0 Å². The Bertz CT molecular complexity index is 94.0. The van der Waals surface area contributed by atoms with Crippen LogP contribution in [0.3, 0.4) is 0 Å². The third kappa shape index (κ3) is 200. The fourth-order valence-electron chi connectivity index (χ4n) is 0. The summed E-state index contributed by atoms with van der Waals surface area (Å²) in [7, 11) is -4.17. The zero-order valence-corrected chi connectivity index (χ0v) is 4.94. The van der Waals surface area contributed by atoms with Crippen molar-refractivity contribution in [1.29, 1.82) is 0 Å². The van der Waals surface area contributed by atoms with E-state index in [1.165, 1.54) is 0 Å². The second-order valence-electron chi connectivity index (χ2n) is 0.515. The van der Waals surface area contributed by atoms with Gasteiger partial charge in [-0.1, -0.05) is 0 Å². The van der Waals surface area contributed by atoms with E-state index in [-0.39, 0.29) is 20.4 Å². The molecule has 0 radical (unpaired) electrons. The number of hydrogen-bond acceptors (Lipinski definition) is 2. The van der Waals surface area contributed by atoms with Crippen molar-refractivity contribution >= 4 is 10.3 Å². The van der Waals surface area contributed by atoms with E-state index in [9.17, 15) is 0 Å². The normalized spacial score (nSPS) is 9.67. The first-order chi connectivity index (χ1) is 2.00. The summed E-state index contributed by atoms with van der Waals surface area (Å²) in [6, 6.07) is 0. The second kappa shape index (κ2) is 2.66. The van der Waals surface area contributed by atoms with E-state index in [1.807, 2.05) is 0 Å². The molecule has 4 nitrogen and oxygen atoms in total. The number of rotatable bonds is 0. The maximum absolute atomic E-state index is 8.97. The van der Waals surface area contributed by atoms with Gasteiger partial charge in [-0.05, 0) is 0 Å². The zero-order chi connectivity index (χ0) is 4.50. The summed E-state index contributed by atoms with van der Waals surface area (Å²) in [4.78, 5) is 0. The molecule has 0 rings (SSSR count). The molecule has 0 aromatic heterocycles. The molecule has 0 bridgehead atoms. The Labute approximate surface area is 49.3 Å². The molecule has 0 saturated heterocycles. The van der Waals surface area contributed by atoms with Crippen molar-refractivity contribution in [2.24, 2.45) is 5.14 Å². The second-order valence-corrected chi connectivity index (χ2v) is 1.54. The minimum Gasteiger partial charge on any atom is -0.274 e. The molecule has 6 heavy (non-hydrogen) atoms. The molecule has 0 spiro atoms. The van der Waals surface area contributed by atoms with Crippen molar-refractivity contribution in [3.8, 4) is 0 Å². The smallest absolute Gasteiger partial charge is 0.274 e. The predicted octanol–water partition coefficient (Wildman–Crippen LogP) is -1.25. The van der Waals surface area contributed by atoms with E-state index < -0.39 is 10.3 Å². The summed E-state index contributed by atoms with van der Waals surface area (Å²) in [5, 5.41) is 3.88. The predicted molar refractivity (Wildman–Crippen MR) is 15.7 cm³/mol. The van der Waals surface area contributed by atoms with Crippen LogP contribution in [0.4, 0.5) is 0 Å². The first-order valence-electron chi connectivity index (χ1n) is 0.752. The van der Waals surface area contributed by atoms with Crippen molar-refractivity contribution in [1.82, 2.24) is 0 Å². The van der Waals surface area contributed by atoms with E-state index in [4.69, 9.17) is 13.0 Å². The Morgan fingerprint density at radius 2 is 1.50 bits per heavy atom. The number of nitrogens with two attached hydrogens (primary N) is 1. The van der Waals surface area contributed by atoms with E-state index in [0.717, 1.165) is 0 Å². The third-order valence-electron chi connectivity index (χ3n) is 0. The monoisotopic (exact) mass is 203 g/mol. The summed E-state index contributed by atoms with van der Waals surface area (Å²) >= 11 is 0. The van der Waals surface area contributed by atoms with Crippen LogP contribution in [0.25, 0.3) is 0 Å². The average Bonchev–Trinajstić information content (AvgIpc) is 0.722. The van der Waals surface area contributed by atoms with Crippen LogP contribution < -0.4 is 5.14 Å². The van der Waals surface area contributed by atoms with Crippen molar-refractivity contribution in [3.63, 3.8) is 0 Å². The quantitative estimate of drug-likeness (QED) is 0.381. The Balaban J connectivity index is 0. The SMILES string of the molecule is NS(=O)(=O)O.[Pd]. The Kier molecular flexibility index (Phi) is 4.32. The molecule has 0 aromatic rings.